The van der Waals surface area contributed by atoms with Crippen molar-refractivity contribution in [2.24, 2.45) is 11.5 Å². The number of hydrogen-bond donors (Lipinski definition) is 8. The number of primary amides is 1. The van der Waals surface area contributed by atoms with E-state index in [1.165, 1.54) is 26.4 Å². The predicted octanol–water partition coefficient (Wildman–Crippen LogP) is -3.52. The number of aliphatic hydroxyl groups is 1. The second kappa shape index (κ2) is 12.4. The van der Waals surface area contributed by atoms with Crippen LogP contribution < -0.4 is 27.4 Å². The maximum Gasteiger partial charge on any atom is 0.326 e. The largest absolute Gasteiger partial charge is 0.480 e. The first kappa shape index (κ1) is 26.5. The highest BCUT2D eigenvalue weighted by Gasteiger charge is 2.29. The molecule has 32 heavy (non-hydrogen) atoms. The zero-order valence-electron chi connectivity index (χ0n) is 17.7. The number of aromatic amines is 1. The number of carbonyl (C=O) groups excluding carboxylic acids is 4. The van der Waals surface area contributed by atoms with Crippen LogP contribution in [0.4, 0.5) is 0 Å². The lowest BCUT2D eigenvalue weighted by atomic mass is 10.1. The first-order valence-corrected chi connectivity index (χ1v) is 9.75. The van der Waals surface area contributed by atoms with Crippen molar-refractivity contribution in [3.05, 3.63) is 18.2 Å². The molecule has 1 rings (SSSR count). The molecule has 0 saturated heterocycles. The molecule has 4 amide bonds. The molecule has 0 aliphatic carbocycles. The molecule has 0 radical (unpaired) electrons. The van der Waals surface area contributed by atoms with Crippen molar-refractivity contribution in [2.45, 2.75) is 63.4 Å². The smallest absolute Gasteiger partial charge is 0.326 e. The molecule has 5 unspecified atom stereocenters. The minimum Gasteiger partial charge on any atom is -0.480 e. The van der Waals surface area contributed by atoms with Crippen LogP contribution in [-0.4, -0.2) is 80.1 Å². The highest BCUT2D eigenvalue weighted by Crippen LogP contribution is 2.03. The number of nitrogens with one attached hydrogen (secondary N) is 4. The highest BCUT2D eigenvalue weighted by molar-refractivity contribution is 5.94. The zero-order valence-corrected chi connectivity index (χ0v) is 17.7. The lowest BCUT2D eigenvalue weighted by molar-refractivity contribution is -0.142. The molecule has 0 aliphatic rings. The molecule has 10 N–H and O–H groups in total. The number of aliphatic hydroxyl groups excluding tert-OH is 1. The lowest BCUT2D eigenvalue weighted by Gasteiger charge is -2.23. The molecule has 1 heterocycles. The molecular formula is C18H29N7O7. The molecule has 1 aromatic rings. The molecule has 1 aromatic heterocycles. The van der Waals surface area contributed by atoms with Crippen LogP contribution in [0.1, 0.15) is 32.4 Å². The van der Waals surface area contributed by atoms with Gasteiger partial charge in [0, 0.05) is 24.7 Å². The van der Waals surface area contributed by atoms with Crippen molar-refractivity contribution in [2.75, 3.05) is 0 Å². The Morgan fingerprint density at radius 2 is 1.69 bits per heavy atom. The molecule has 14 heteroatoms. The van der Waals surface area contributed by atoms with Crippen molar-refractivity contribution < 1.29 is 34.2 Å². The first-order chi connectivity index (χ1) is 14.9. The van der Waals surface area contributed by atoms with Crippen LogP contribution >= 0.6 is 0 Å². The van der Waals surface area contributed by atoms with Crippen LogP contribution in [0.3, 0.4) is 0 Å². The summed E-state index contributed by atoms with van der Waals surface area (Å²) in [4.78, 5) is 66.0. The molecule has 0 aromatic carbocycles. The molecular weight excluding hydrogens is 426 g/mol. The number of hydrogen-bond acceptors (Lipinski definition) is 8. The fraction of sp³-hybridized carbons (Fsp3) is 0.556. The van der Waals surface area contributed by atoms with Gasteiger partial charge in [-0.15, -0.1) is 0 Å². The van der Waals surface area contributed by atoms with Gasteiger partial charge in [-0.05, 0) is 20.3 Å². The lowest BCUT2D eigenvalue weighted by Crippen LogP contribution is -2.58. The van der Waals surface area contributed by atoms with Crippen LogP contribution in [0.15, 0.2) is 12.5 Å². The minimum absolute atomic E-state index is 0.0190. The van der Waals surface area contributed by atoms with E-state index in [4.69, 9.17) is 11.5 Å². The third-order valence-corrected chi connectivity index (χ3v) is 4.48. The number of rotatable bonds is 13. The Hall–Kier alpha value is -3.52. The molecule has 0 fully saturated rings. The van der Waals surface area contributed by atoms with Gasteiger partial charge in [-0.25, -0.2) is 9.78 Å². The number of nitrogens with zero attached hydrogens (tertiary/aromatic N) is 1. The van der Waals surface area contributed by atoms with Gasteiger partial charge in [0.05, 0.1) is 12.4 Å². The monoisotopic (exact) mass is 455 g/mol. The van der Waals surface area contributed by atoms with Gasteiger partial charge in [0.15, 0.2) is 0 Å². The highest BCUT2D eigenvalue weighted by atomic mass is 16.4. The Labute approximate surface area is 183 Å². The SMILES string of the molecule is CC(NC(=O)C(Cc1cnc[nH]1)NC(=O)C(N)C(C)O)C(=O)NC(CCC(N)=O)C(=O)O. The van der Waals surface area contributed by atoms with Gasteiger partial charge in [-0.3, -0.25) is 19.2 Å². The maximum atomic E-state index is 12.7. The van der Waals surface area contributed by atoms with Crippen molar-refractivity contribution in [3.8, 4) is 0 Å². The third kappa shape index (κ3) is 8.69. The Balaban J connectivity index is 2.83. The fourth-order valence-electron chi connectivity index (χ4n) is 2.53. The second-order valence-corrected chi connectivity index (χ2v) is 7.24. The molecule has 0 bridgehead atoms. The number of amides is 4. The number of aliphatic carboxylic acids is 1. The summed E-state index contributed by atoms with van der Waals surface area (Å²) in [5, 5.41) is 25.7. The summed E-state index contributed by atoms with van der Waals surface area (Å²) in [5.41, 5.74) is 11.1. The average Bonchev–Trinajstić information content (AvgIpc) is 3.22. The standard InChI is InChI=1S/C18H29N7O7/c1-8(15(28)24-11(18(31)32)3-4-13(19)27)23-16(29)12(5-10-6-21-7-22-10)25-17(30)14(20)9(2)26/h6-9,11-12,14,26H,3-5,20H2,1-2H3,(H2,19,27)(H,21,22)(H,23,29)(H,24,28)(H,25,30)(H,31,32). The van der Waals surface area contributed by atoms with Gasteiger partial charge < -0.3 is 42.6 Å². The third-order valence-electron chi connectivity index (χ3n) is 4.48. The number of carboxylic acid groups (broad SMARTS) is 1. The van der Waals surface area contributed by atoms with E-state index in [2.05, 4.69) is 25.9 Å². The van der Waals surface area contributed by atoms with E-state index in [1.54, 1.807) is 0 Å². The van der Waals surface area contributed by atoms with E-state index in [9.17, 15) is 34.2 Å². The first-order valence-electron chi connectivity index (χ1n) is 9.75. The summed E-state index contributed by atoms with van der Waals surface area (Å²) in [6, 6.07) is -5.01. The van der Waals surface area contributed by atoms with E-state index in [0.717, 1.165) is 0 Å². The van der Waals surface area contributed by atoms with Crippen molar-refractivity contribution in [1.82, 2.24) is 25.9 Å². The Bertz CT molecular complexity index is 813. The molecule has 14 nitrogen and oxygen atoms in total. The zero-order chi connectivity index (χ0) is 24.4. The second-order valence-electron chi connectivity index (χ2n) is 7.24. The number of aromatic nitrogens is 2. The van der Waals surface area contributed by atoms with Crippen LogP contribution in [0.5, 0.6) is 0 Å². The van der Waals surface area contributed by atoms with Crippen LogP contribution in [-0.2, 0) is 30.4 Å². The quantitative estimate of drug-likeness (QED) is 0.147. The Kier molecular flexibility index (Phi) is 10.2. The Morgan fingerprint density at radius 3 is 2.19 bits per heavy atom. The van der Waals surface area contributed by atoms with Crippen LogP contribution in [0.2, 0.25) is 0 Å². The summed E-state index contributed by atoms with van der Waals surface area (Å²) >= 11 is 0. The van der Waals surface area contributed by atoms with Gasteiger partial charge in [-0.1, -0.05) is 0 Å². The normalized spacial score (nSPS) is 15.5. The minimum atomic E-state index is -1.38. The maximum absolute atomic E-state index is 12.7. The summed E-state index contributed by atoms with van der Waals surface area (Å²) in [7, 11) is 0. The van der Waals surface area contributed by atoms with Crippen molar-refractivity contribution in [3.63, 3.8) is 0 Å². The summed E-state index contributed by atoms with van der Waals surface area (Å²) in [6.07, 6.45) is 1.17. The molecule has 0 spiro atoms. The summed E-state index contributed by atoms with van der Waals surface area (Å²) in [6.45, 7) is 2.63. The fourth-order valence-corrected chi connectivity index (χ4v) is 2.53. The number of H-pyrrole nitrogens is 1. The van der Waals surface area contributed by atoms with Crippen LogP contribution in [0.25, 0.3) is 0 Å². The molecule has 0 aliphatic heterocycles. The molecule has 178 valence electrons. The van der Waals surface area contributed by atoms with E-state index in [0.29, 0.717) is 5.69 Å². The van der Waals surface area contributed by atoms with Gasteiger partial charge in [0.25, 0.3) is 0 Å². The van der Waals surface area contributed by atoms with E-state index in [1.807, 2.05) is 0 Å². The Morgan fingerprint density at radius 1 is 1.06 bits per heavy atom. The van der Waals surface area contributed by atoms with Crippen molar-refractivity contribution in [1.29, 1.82) is 0 Å². The number of imidazole rings is 1. The molecule has 5 atom stereocenters. The number of carbonyl (C=O) groups is 5. The molecule has 0 saturated carbocycles. The van der Waals surface area contributed by atoms with Gasteiger partial charge in [0.2, 0.25) is 23.6 Å². The average molecular weight is 455 g/mol. The van der Waals surface area contributed by atoms with Gasteiger partial charge >= 0.3 is 5.97 Å². The number of carboxylic acids is 1. The summed E-state index contributed by atoms with van der Waals surface area (Å²) in [5.74, 6) is -4.44. The summed E-state index contributed by atoms with van der Waals surface area (Å²) < 4.78 is 0. The van der Waals surface area contributed by atoms with E-state index >= 15 is 0 Å². The van der Waals surface area contributed by atoms with E-state index < -0.39 is 59.9 Å². The van der Waals surface area contributed by atoms with Gasteiger partial charge in [0.1, 0.15) is 24.2 Å². The van der Waals surface area contributed by atoms with Gasteiger partial charge in [-0.2, -0.15) is 0 Å². The topological polar surface area (TPSA) is 243 Å². The van der Waals surface area contributed by atoms with E-state index in [-0.39, 0.29) is 19.3 Å². The van der Waals surface area contributed by atoms with Crippen LogP contribution in [0, 0.1) is 0 Å². The van der Waals surface area contributed by atoms with Crippen molar-refractivity contribution >= 4 is 29.6 Å². The number of nitrogens with two attached hydrogens (primary N) is 2. The predicted molar refractivity (Wildman–Crippen MR) is 109 cm³/mol.